The topological polar surface area (TPSA) is 41.3 Å². The van der Waals surface area contributed by atoms with Gasteiger partial charge in [-0.15, -0.1) is 23.7 Å². The van der Waals surface area contributed by atoms with E-state index in [9.17, 15) is 0 Å². The van der Waals surface area contributed by atoms with Gasteiger partial charge in [0.05, 0.1) is 10.6 Å². The minimum atomic E-state index is 0. The fourth-order valence-corrected chi connectivity index (χ4v) is 4.40. The lowest BCUT2D eigenvalue weighted by Gasteiger charge is -2.34. The predicted molar refractivity (Wildman–Crippen MR) is 96.1 cm³/mol. The average Bonchev–Trinajstić information content (AvgIpc) is 3.30. The number of nitrogens with one attached hydrogen (secondary N) is 1. The van der Waals surface area contributed by atoms with Gasteiger partial charge in [-0.2, -0.15) is 0 Å². The molecule has 6 heteroatoms. The molecule has 0 aromatic carbocycles. The van der Waals surface area contributed by atoms with E-state index in [2.05, 4.69) is 26.6 Å². The molecule has 0 aliphatic carbocycles. The molecule has 2 fully saturated rings. The summed E-state index contributed by atoms with van der Waals surface area (Å²) in [5, 5.41) is 5.72. The second-order valence-corrected chi connectivity index (χ2v) is 7.39. The van der Waals surface area contributed by atoms with Crippen molar-refractivity contribution in [2.45, 2.75) is 38.3 Å². The third kappa shape index (κ3) is 3.97. The molecule has 0 saturated carbocycles. The molecule has 1 atom stereocenters. The first-order chi connectivity index (χ1) is 10.9. The van der Waals surface area contributed by atoms with Crippen LogP contribution in [0.4, 0.5) is 0 Å². The van der Waals surface area contributed by atoms with Crippen LogP contribution in [-0.2, 0) is 6.54 Å². The lowest BCUT2D eigenvalue weighted by Crippen LogP contribution is -2.40. The highest BCUT2D eigenvalue weighted by molar-refractivity contribution is 7.13. The molecular formula is C17H24ClN3OS. The zero-order chi connectivity index (χ0) is 14.8. The molecule has 2 aliphatic heterocycles. The highest BCUT2D eigenvalue weighted by Crippen LogP contribution is 2.27. The number of oxazole rings is 1. The van der Waals surface area contributed by atoms with E-state index < -0.39 is 0 Å². The molecule has 0 radical (unpaired) electrons. The zero-order valence-electron chi connectivity index (χ0n) is 13.2. The van der Waals surface area contributed by atoms with Gasteiger partial charge in [-0.05, 0) is 62.7 Å². The smallest absolute Gasteiger partial charge is 0.236 e. The summed E-state index contributed by atoms with van der Waals surface area (Å²) < 4.78 is 5.62. The largest absolute Gasteiger partial charge is 0.444 e. The fraction of sp³-hybridized carbons (Fsp3) is 0.588. The molecule has 2 aromatic rings. The van der Waals surface area contributed by atoms with E-state index in [1.165, 1.54) is 45.3 Å². The van der Waals surface area contributed by atoms with Gasteiger partial charge < -0.3 is 9.73 Å². The molecule has 4 heterocycles. The number of piperidine rings is 1. The maximum Gasteiger partial charge on any atom is 0.236 e. The Hall–Kier alpha value is -0.880. The van der Waals surface area contributed by atoms with Crippen molar-refractivity contribution in [3.63, 3.8) is 0 Å². The van der Waals surface area contributed by atoms with Gasteiger partial charge in [-0.25, -0.2) is 4.98 Å². The molecule has 1 unspecified atom stereocenters. The molecule has 2 aliphatic rings. The summed E-state index contributed by atoms with van der Waals surface area (Å²) in [7, 11) is 0. The fourth-order valence-electron chi connectivity index (χ4n) is 3.75. The Morgan fingerprint density at radius 1 is 1.30 bits per heavy atom. The Balaban J connectivity index is 0.00000156. The van der Waals surface area contributed by atoms with E-state index in [1.807, 2.05) is 12.3 Å². The summed E-state index contributed by atoms with van der Waals surface area (Å²) in [4.78, 5) is 8.26. The third-order valence-electron chi connectivity index (χ3n) is 4.97. The normalized spacial score (nSPS) is 23.0. The van der Waals surface area contributed by atoms with Gasteiger partial charge >= 0.3 is 0 Å². The number of aromatic nitrogens is 1. The van der Waals surface area contributed by atoms with Gasteiger partial charge in [0.15, 0.2) is 0 Å². The average molecular weight is 354 g/mol. The van der Waals surface area contributed by atoms with Crippen LogP contribution in [0.2, 0.25) is 0 Å². The van der Waals surface area contributed by atoms with E-state index in [1.54, 1.807) is 11.3 Å². The summed E-state index contributed by atoms with van der Waals surface area (Å²) in [6.45, 7) is 4.50. The Kier molecular flexibility index (Phi) is 5.75. The van der Waals surface area contributed by atoms with E-state index in [4.69, 9.17) is 4.42 Å². The molecule has 2 saturated heterocycles. The molecule has 0 bridgehead atoms. The molecule has 4 rings (SSSR count). The molecule has 4 nitrogen and oxygen atoms in total. The van der Waals surface area contributed by atoms with Crippen molar-refractivity contribution in [2.24, 2.45) is 5.92 Å². The first-order valence-corrected chi connectivity index (χ1v) is 9.20. The molecule has 23 heavy (non-hydrogen) atoms. The van der Waals surface area contributed by atoms with Crippen LogP contribution in [-0.4, -0.2) is 35.6 Å². The number of nitrogens with zero attached hydrogens (tertiary/aromatic N) is 2. The van der Waals surface area contributed by atoms with Gasteiger partial charge in [-0.3, -0.25) is 4.90 Å². The second kappa shape index (κ2) is 7.79. The highest BCUT2D eigenvalue weighted by Gasteiger charge is 2.28. The number of likely N-dealkylation sites (tertiary alicyclic amines) is 1. The van der Waals surface area contributed by atoms with Crippen molar-refractivity contribution < 1.29 is 4.42 Å². The summed E-state index contributed by atoms with van der Waals surface area (Å²) >= 11 is 1.67. The van der Waals surface area contributed by atoms with Gasteiger partial charge in [0, 0.05) is 12.6 Å². The molecule has 2 aromatic heterocycles. The van der Waals surface area contributed by atoms with Crippen molar-refractivity contribution in [1.29, 1.82) is 0 Å². The Morgan fingerprint density at radius 2 is 2.17 bits per heavy atom. The zero-order valence-corrected chi connectivity index (χ0v) is 14.9. The highest BCUT2D eigenvalue weighted by atomic mass is 35.5. The van der Waals surface area contributed by atoms with E-state index in [0.29, 0.717) is 0 Å². The van der Waals surface area contributed by atoms with Crippen LogP contribution in [0, 0.1) is 5.92 Å². The standard InChI is InChI=1S/C17H23N3OS.ClH/c1-3-15(18-7-1)13-5-8-20(9-6-13)11-14-12-21-17(19-14)16-4-2-10-22-16;/h2,4,10,12-13,15,18H,1,3,5-9,11H2;1H. The minimum Gasteiger partial charge on any atom is -0.444 e. The summed E-state index contributed by atoms with van der Waals surface area (Å²) in [6, 6.07) is 4.87. The van der Waals surface area contributed by atoms with Crippen LogP contribution in [0.3, 0.4) is 0 Å². The quantitative estimate of drug-likeness (QED) is 0.908. The van der Waals surface area contributed by atoms with E-state index >= 15 is 0 Å². The van der Waals surface area contributed by atoms with E-state index in [0.717, 1.165) is 35.0 Å². The van der Waals surface area contributed by atoms with Gasteiger partial charge in [0.25, 0.3) is 0 Å². The third-order valence-corrected chi connectivity index (χ3v) is 5.83. The number of rotatable bonds is 4. The van der Waals surface area contributed by atoms with Crippen molar-refractivity contribution in [3.05, 3.63) is 29.5 Å². The van der Waals surface area contributed by atoms with Crippen molar-refractivity contribution >= 4 is 23.7 Å². The second-order valence-electron chi connectivity index (χ2n) is 6.44. The van der Waals surface area contributed by atoms with Gasteiger partial charge in [0.2, 0.25) is 5.89 Å². The Bertz CT molecular complexity index is 587. The van der Waals surface area contributed by atoms with Crippen LogP contribution in [0.15, 0.2) is 28.2 Å². The Morgan fingerprint density at radius 3 is 2.87 bits per heavy atom. The Labute approximate surface area is 147 Å². The monoisotopic (exact) mass is 353 g/mol. The minimum absolute atomic E-state index is 0. The molecule has 126 valence electrons. The molecule has 0 spiro atoms. The van der Waals surface area contributed by atoms with Crippen molar-refractivity contribution in [1.82, 2.24) is 15.2 Å². The number of halogens is 1. The van der Waals surface area contributed by atoms with Gasteiger partial charge in [0.1, 0.15) is 6.26 Å². The van der Waals surface area contributed by atoms with Crippen LogP contribution < -0.4 is 5.32 Å². The molecule has 0 amide bonds. The lowest BCUT2D eigenvalue weighted by atomic mass is 9.88. The van der Waals surface area contributed by atoms with E-state index in [-0.39, 0.29) is 12.4 Å². The lowest BCUT2D eigenvalue weighted by molar-refractivity contribution is 0.156. The number of thiophene rings is 1. The molecule has 1 N–H and O–H groups in total. The number of hydrogen-bond donors (Lipinski definition) is 1. The first-order valence-electron chi connectivity index (χ1n) is 8.32. The van der Waals surface area contributed by atoms with Crippen molar-refractivity contribution in [3.8, 4) is 10.8 Å². The van der Waals surface area contributed by atoms with Crippen molar-refractivity contribution in [2.75, 3.05) is 19.6 Å². The molecular weight excluding hydrogens is 330 g/mol. The van der Waals surface area contributed by atoms with Crippen LogP contribution in [0.5, 0.6) is 0 Å². The van der Waals surface area contributed by atoms with Gasteiger partial charge in [-0.1, -0.05) is 6.07 Å². The number of hydrogen-bond acceptors (Lipinski definition) is 5. The van der Waals surface area contributed by atoms with Crippen LogP contribution >= 0.6 is 23.7 Å². The maximum absolute atomic E-state index is 5.62. The first kappa shape index (κ1) is 17.0. The summed E-state index contributed by atoms with van der Waals surface area (Å²) in [6.07, 6.45) is 7.17. The van der Waals surface area contributed by atoms with Crippen LogP contribution in [0.1, 0.15) is 31.4 Å². The predicted octanol–water partition coefficient (Wildman–Crippen LogP) is 3.79. The summed E-state index contributed by atoms with van der Waals surface area (Å²) in [5.41, 5.74) is 1.06. The maximum atomic E-state index is 5.62. The SMILES string of the molecule is Cl.c1csc(-c2nc(CN3CCC(C4CCCN4)CC3)co2)c1. The summed E-state index contributed by atoms with van der Waals surface area (Å²) in [5.74, 6) is 1.63. The van der Waals surface area contributed by atoms with Crippen LogP contribution in [0.25, 0.3) is 10.8 Å².